The minimum atomic E-state index is -0.225. The first-order chi connectivity index (χ1) is 12.7. The van der Waals surface area contributed by atoms with Gasteiger partial charge in [-0.2, -0.15) is 0 Å². The third-order valence-electron chi connectivity index (χ3n) is 4.68. The first-order valence-corrected chi connectivity index (χ1v) is 9.02. The van der Waals surface area contributed by atoms with Crippen molar-refractivity contribution in [3.8, 4) is 5.75 Å². The summed E-state index contributed by atoms with van der Waals surface area (Å²) in [7, 11) is 1.58. The molecule has 2 aromatic rings. The fraction of sp³-hybridized carbons (Fsp3) is 0.333. The second-order valence-electron chi connectivity index (χ2n) is 6.57. The summed E-state index contributed by atoms with van der Waals surface area (Å²) < 4.78 is 5.10. The van der Waals surface area contributed by atoms with Gasteiger partial charge < -0.3 is 15.4 Å². The minimum Gasteiger partial charge on any atom is -0.497 e. The van der Waals surface area contributed by atoms with Crippen molar-refractivity contribution in [3.05, 3.63) is 59.7 Å². The molecule has 2 amide bonds. The second-order valence-corrected chi connectivity index (χ2v) is 6.57. The Morgan fingerprint density at radius 1 is 0.923 bits per heavy atom. The van der Waals surface area contributed by atoms with Crippen LogP contribution in [0.5, 0.6) is 5.75 Å². The van der Waals surface area contributed by atoms with Gasteiger partial charge in [0.25, 0.3) is 11.8 Å². The number of carbonyl (C=O) groups excluding carboxylic acids is 2. The highest BCUT2D eigenvalue weighted by atomic mass is 16.5. The smallest absolute Gasteiger partial charge is 0.255 e. The van der Waals surface area contributed by atoms with Crippen LogP contribution < -0.4 is 15.4 Å². The Morgan fingerprint density at radius 2 is 1.65 bits per heavy atom. The van der Waals surface area contributed by atoms with Crippen LogP contribution in [-0.2, 0) is 0 Å². The van der Waals surface area contributed by atoms with Gasteiger partial charge in [-0.1, -0.05) is 25.3 Å². The van der Waals surface area contributed by atoms with Gasteiger partial charge in [0.05, 0.1) is 7.11 Å². The summed E-state index contributed by atoms with van der Waals surface area (Å²) in [4.78, 5) is 24.8. The van der Waals surface area contributed by atoms with E-state index < -0.39 is 0 Å². The van der Waals surface area contributed by atoms with Crippen LogP contribution in [0.15, 0.2) is 48.5 Å². The van der Waals surface area contributed by atoms with E-state index in [9.17, 15) is 9.59 Å². The highest BCUT2D eigenvalue weighted by Gasteiger charge is 2.17. The number of carbonyl (C=O) groups is 2. The van der Waals surface area contributed by atoms with Crippen molar-refractivity contribution in [2.24, 2.45) is 0 Å². The van der Waals surface area contributed by atoms with Crippen molar-refractivity contribution in [2.45, 2.75) is 38.1 Å². The van der Waals surface area contributed by atoms with Gasteiger partial charge in [0.15, 0.2) is 0 Å². The summed E-state index contributed by atoms with van der Waals surface area (Å²) in [5.74, 6) is 0.387. The van der Waals surface area contributed by atoms with Crippen LogP contribution in [0.3, 0.4) is 0 Å². The van der Waals surface area contributed by atoms with E-state index in [0.717, 1.165) is 12.8 Å². The maximum absolute atomic E-state index is 12.5. The predicted molar refractivity (Wildman–Crippen MR) is 102 cm³/mol. The van der Waals surface area contributed by atoms with E-state index >= 15 is 0 Å². The third kappa shape index (κ3) is 4.63. The highest BCUT2D eigenvalue weighted by molar-refractivity contribution is 6.05. The molecule has 26 heavy (non-hydrogen) atoms. The Morgan fingerprint density at radius 3 is 2.35 bits per heavy atom. The van der Waals surface area contributed by atoms with Gasteiger partial charge in [-0.25, -0.2) is 0 Å². The lowest BCUT2D eigenvalue weighted by atomic mass is 9.95. The van der Waals surface area contributed by atoms with Crippen LogP contribution in [0.2, 0.25) is 0 Å². The SMILES string of the molecule is COc1ccc(C(=O)Nc2cccc(C(=O)NC3CCCCC3)c2)cc1. The van der Waals surface area contributed by atoms with Gasteiger partial charge >= 0.3 is 0 Å². The molecular formula is C21H24N2O3. The van der Waals surface area contributed by atoms with E-state index in [0.29, 0.717) is 22.6 Å². The van der Waals surface area contributed by atoms with Crippen LogP contribution in [-0.4, -0.2) is 25.0 Å². The average Bonchev–Trinajstić information content (AvgIpc) is 2.69. The van der Waals surface area contributed by atoms with Crippen molar-refractivity contribution in [2.75, 3.05) is 12.4 Å². The molecule has 1 aliphatic carbocycles. The summed E-state index contributed by atoms with van der Waals surface area (Å²) in [6.45, 7) is 0. The number of anilines is 1. The van der Waals surface area contributed by atoms with E-state index in [1.54, 1.807) is 55.6 Å². The zero-order valence-electron chi connectivity index (χ0n) is 15.0. The zero-order valence-corrected chi connectivity index (χ0v) is 15.0. The molecule has 0 saturated heterocycles. The molecular weight excluding hydrogens is 328 g/mol. The molecule has 0 spiro atoms. The van der Waals surface area contributed by atoms with Crippen molar-refractivity contribution in [1.29, 1.82) is 0 Å². The fourth-order valence-electron chi connectivity index (χ4n) is 3.20. The van der Waals surface area contributed by atoms with E-state index in [1.165, 1.54) is 19.3 Å². The Hall–Kier alpha value is -2.82. The molecule has 0 atom stereocenters. The summed E-state index contributed by atoms with van der Waals surface area (Å²) >= 11 is 0. The minimum absolute atomic E-state index is 0.0857. The molecule has 0 heterocycles. The van der Waals surface area contributed by atoms with Crippen molar-refractivity contribution in [1.82, 2.24) is 5.32 Å². The second kappa shape index (κ2) is 8.52. The molecule has 1 fully saturated rings. The Balaban J connectivity index is 1.64. The fourth-order valence-corrected chi connectivity index (χ4v) is 3.20. The standard InChI is InChI=1S/C21H24N2O3/c1-26-19-12-10-15(11-13-19)20(24)23-18-9-5-6-16(14-18)21(25)22-17-7-3-2-4-8-17/h5-6,9-14,17H,2-4,7-8H2,1H3,(H,22,25)(H,23,24). The largest absolute Gasteiger partial charge is 0.497 e. The number of amides is 2. The normalized spacial score (nSPS) is 14.5. The first-order valence-electron chi connectivity index (χ1n) is 9.02. The summed E-state index contributed by atoms with van der Waals surface area (Å²) in [6.07, 6.45) is 5.67. The maximum atomic E-state index is 12.5. The molecule has 5 heteroatoms. The van der Waals surface area contributed by atoms with E-state index in [-0.39, 0.29) is 17.9 Å². The lowest BCUT2D eigenvalue weighted by Gasteiger charge is -2.22. The Bertz CT molecular complexity index is 765. The van der Waals surface area contributed by atoms with E-state index in [4.69, 9.17) is 4.74 Å². The van der Waals surface area contributed by atoms with Gasteiger partial charge in [0, 0.05) is 22.9 Å². The molecule has 0 unspecified atom stereocenters. The molecule has 1 aliphatic rings. The number of benzene rings is 2. The quantitative estimate of drug-likeness (QED) is 0.854. The highest BCUT2D eigenvalue weighted by Crippen LogP contribution is 2.19. The topological polar surface area (TPSA) is 67.4 Å². The third-order valence-corrected chi connectivity index (χ3v) is 4.68. The van der Waals surface area contributed by atoms with Gasteiger partial charge in [-0.05, 0) is 55.3 Å². The lowest BCUT2D eigenvalue weighted by molar-refractivity contribution is 0.0926. The van der Waals surface area contributed by atoms with Gasteiger partial charge in [0.2, 0.25) is 0 Å². The van der Waals surface area contributed by atoms with Crippen LogP contribution in [0, 0.1) is 0 Å². The average molecular weight is 352 g/mol. The zero-order chi connectivity index (χ0) is 18.4. The number of ether oxygens (including phenoxy) is 1. The molecule has 5 nitrogen and oxygen atoms in total. The summed E-state index contributed by atoms with van der Waals surface area (Å²) in [5, 5.41) is 5.93. The number of nitrogens with one attached hydrogen (secondary N) is 2. The molecule has 2 N–H and O–H groups in total. The van der Waals surface area contributed by atoms with Gasteiger partial charge in [0.1, 0.15) is 5.75 Å². The molecule has 136 valence electrons. The number of rotatable bonds is 5. The summed E-state index contributed by atoms with van der Waals surface area (Å²) in [5.41, 5.74) is 1.69. The van der Waals surface area contributed by atoms with Crippen LogP contribution in [0.25, 0.3) is 0 Å². The lowest BCUT2D eigenvalue weighted by Crippen LogP contribution is -2.36. The molecule has 0 radical (unpaired) electrons. The molecule has 3 rings (SSSR count). The van der Waals surface area contributed by atoms with E-state index in [2.05, 4.69) is 10.6 Å². The molecule has 1 saturated carbocycles. The number of hydrogen-bond donors (Lipinski definition) is 2. The molecule has 2 aromatic carbocycles. The van der Waals surface area contributed by atoms with Crippen LogP contribution >= 0.6 is 0 Å². The predicted octanol–water partition coefficient (Wildman–Crippen LogP) is 4.01. The number of methoxy groups -OCH3 is 1. The molecule has 0 bridgehead atoms. The van der Waals surface area contributed by atoms with Crippen molar-refractivity contribution in [3.63, 3.8) is 0 Å². The monoisotopic (exact) mass is 352 g/mol. The summed E-state index contributed by atoms with van der Waals surface area (Å²) in [6, 6.07) is 14.2. The maximum Gasteiger partial charge on any atom is 0.255 e. The Kier molecular flexibility index (Phi) is 5.89. The van der Waals surface area contributed by atoms with Gasteiger partial charge in [-0.15, -0.1) is 0 Å². The van der Waals surface area contributed by atoms with Gasteiger partial charge in [-0.3, -0.25) is 9.59 Å². The van der Waals surface area contributed by atoms with Crippen molar-refractivity contribution >= 4 is 17.5 Å². The number of hydrogen-bond acceptors (Lipinski definition) is 3. The van der Waals surface area contributed by atoms with Crippen LogP contribution in [0.4, 0.5) is 5.69 Å². The van der Waals surface area contributed by atoms with Crippen LogP contribution in [0.1, 0.15) is 52.8 Å². The molecule has 0 aromatic heterocycles. The van der Waals surface area contributed by atoms with Crippen molar-refractivity contribution < 1.29 is 14.3 Å². The molecule has 0 aliphatic heterocycles. The first kappa shape index (κ1) is 18.0. The van der Waals surface area contributed by atoms with E-state index in [1.807, 2.05) is 0 Å². The Labute approximate surface area is 153 Å².